The maximum Gasteiger partial charge on any atom is 0.322 e. The largest absolute Gasteiger partial charge is 0.322 e. The minimum atomic E-state index is -0.138. The monoisotopic (exact) mass is 302 g/mol. The highest BCUT2D eigenvalue weighted by Gasteiger charge is 2.12. The van der Waals surface area contributed by atoms with Crippen molar-refractivity contribution in [2.24, 2.45) is 0 Å². The predicted molar refractivity (Wildman–Crippen MR) is 85.9 cm³/mol. The van der Waals surface area contributed by atoms with Gasteiger partial charge in [-0.2, -0.15) is 0 Å². The van der Waals surface area contributed by atoms with Crippen LogP contribution in [0.3, 0.4) is 0 Å². The highest BCUT2D eigenvalue weighted by molar-refractivity contribution is 7.09. The molecule has 0 atom stereocenters. The zero-order valence-corrected chi connectivity index (χ0v) is 12.9. The third kappa shape index (κ3) is 4.16. The van der Waals surface area contributed by atoms with Crippen molar-refractivity contribution in [3.63, 3.8) is 0 Å². The molecule has 0 aliphatic rings. The molecular weight excluding hydrogens is 284 g/mol. The van der Waals surface area contributed by atoms with Gasteiger partial charge in [-0.25, -0.2) is 4.79 Å². The van der Waals surface area contributed by atoms with Crippen LogP contribution in [0.25, 0.3) is 0 Å². The summed E-state index contributed by atoms with van der Waals surface area (Å²) < 4.78 is 0. The lowest BCUT2D eigenvalue weighted by molar-refractivity contribution is 0.101. The molecule has 1 aromatic heterocycles. The van der Waals surface area contributed by atoms with Gasteiger partial charge in [0.25, 0.3) is 0 Å². The van der Waals surface area contributed by atoms with E-state index in [0.717, 1.165) is 4.88 Å². The van der Waals surface area contributed by atoms with E-state index in [9.17, 15) is 9.59 Å². The number of nitrogens with one attached hydrogen (secondary N) is 1. The van der Waals surface area contributed by atoms with E-state index in [-0.39, 0.29) is 11.8 Å². The molecule has 0 saturated carbocycles. The number of benzene rings is 1. The molecule has 21 heavy (non-hydrogen) atoms. The van der Waals surface area contributed by atoms with Crippen molar-refractivity contribution in [3.8, 4) is 0 Å². The lowest BCUT2D eigenvalue weighted by atomic mass is 10.1. The van der Waals surface area contributed by atoms with Gasteiger partial charge < -0.3 is 10.2 Å². The van der Waals surface area contributed by atoms with Crippen molar-refractivity contribution in [1.82, 2.24) is 4.90 Å². The minimum absolute atomic E-state index is 0.0146. The molecule has 0 aliphatic heterocycles. The molecule has 2 rings (SSSR count). The van der Waals surface area contributed by atoms with Gasteiger partial charge in [-0.15, -0.1) is 11.3 Å². The highest BCUT2D eigenvalue weighted by atomic mass is 32.1. The van der Waals surface area contributed by atoms with Crippen LogP contribution >= 0.6 is 11.3 Å². The van der Waals surface area contributed by atoms with Crippen molar-refractivity contribution in [2.45, 2.75) is 20.4 Å². The number of carbonyl (C=O) groups is 2. The summed E-state index contributed by atoms with van der Waals surface area (Å²) in [5, 5.41) is 4.85. The number of hydrogen-bond donors (Lipinski definition) is 1. The Morgan fingerprint density at radius 3 is 2.43 bits per heavy atom. The number of rotatable bonds is 5. The predicted octanol–water partition coefficient (Wildman–Crippen LogP) is 4.00. The molecule has 1 heterocycles. The van der Waals surface area contributed by atoms with Crippen LogP contribution < -0.4 is 5.32 Å². The van der Waals surface area contributed by atoms with Gasteiger partial charge in [0, 0.05) is 22.7 Å². The summed E-state index contributed by atoms with van der Waals surface area (Å²) in [7, 11) is 0. The fourth-order valence-corrected chi connectivity index (χ4v) is 2.63. The summed E-state index contributed by atoms with van der Waals surface area (Å²) in [6.07, 6.45) is 0. The first-order chi connectivity index (χ1) is 10.1. The molecule has 110 valence electrons. The Labute approximate surface area is 128 Å². The first-order valence-electron chi connectivity index (χ1n) is 6.79. The number of Topliss-reactive ketones (excluding diaryl/α,β-unsaturated/α-hetero) is 1. The number of carbonyl (C=O) groups excluding carboxylic acids is 2. The van der Waals surface area contributed by atoms with E-state index in [4.69, 9.17) is 0 Å². The molecule has 0 aliphatic carbocycles. The second kappa shape index (κ2) is 7.04. The highest BCUT2D eigenvalue weighted by Crippen LogP contribution is 2.14. The van der Waals surface area contributed by atoms with Gasteiger partial charge in [-0.3, -0.25) is 4.79 Å². The van der Waals surface area contributed by atoms with E-state index in [2.05, 4.69) is 5.32 Å². The van der Waals surface area contributed by atoms with Crippen molar-refractivity contribution in [2.75, 3.05) is 11.9 Å². The van der Waals surface area contributed by atoms with Gasteiger partial charge in [-0.05, 0) is 49.6 Å². The zero-order valence-electron chi connectivity index (χ0n) is 12.1. The van der Waals surface area contributed by atoms with Crippen molar-refractivity contribution >= 4 is 28.8 Å². The van der Waals surface area contributed by atoms with Crippen LogP contribution in [0.1, 0.15) is 29.1 Å². The van der Waals surface area contributed by atoms with Gasteiger partial charge >= 0.3 is 6.03 Å². The molecular formula is C16H18N2O2S. The van der Waals surface area contributed by atoms with Crippen LogP contribution in [0, 0.1) is 0 Å². The number of nitrogens with zero attached hydrogens (tertiary/aromatic N) is 1. The summed E-state index contributed by atoms with van der Waals surface area (Å²) in [5.74, 6) is 0.0146. The maximum absolute atomic E-state index is 12.2. The van der Waals surface area contributed by atoms with Crippen molar-refractivity contribution < 1.29 is 9.59 Å². The third-order valence-electron chi connectivity index (χ3n) is 3.14. The Balaban J connectivity index is 2.00. The second-order valence-corrected chi connectivity index (χ2v) is 5.69. The number of ketones is 1. The molecule has 0 fully saturated rings. The molecule has 0 bridgehead atoms. The fourth-order valence-electron chi connectivity index (χ4n) is 1.91. The molecule has 2 aromatic rings. The molecule has 2 amide bonds. The zero-order chi connectivity index (χ0) is 15.2. The Morgan fingerprint density at radius 2 is 1.90 bits per heavy atom. The van der Waals surface area contributed by atoms with Gasteiger partial charge in [0.15, 0.2) is 5.78 Å². The van der Waals surface area contributed by atoms with Gasteiger partial charge in [0.05, 0.1) is 6.54 Å². The van der Waals surface area contributed by atoms with E-state index in [1.54, 1.807) is 40.5 Å². The van der Waals surface area contributed by atoms with E-state index >= 15 is 0 Å². The van der Waals surface area contributed by atoms with E-state index < -0.39 is 0 Å². The number of anilines is 1. The molecule has 0 unspecified atom stereocenters. The molecule has 4 nitrogen and oxygen atoms in total. The van der Waals surface area contributed by atoms with E-state index in [1.807, 2.05) is 24.4 Å². The number of hydrogen-bond acceptors (Lipinski definition) is 3. The summed E-state index contributed by atoms with van der Waals surface area (Å²) in [5.41, 5.74) is 1.33. The number of amides is 2. The van der Waals surface area contributed by atoms with E-state index in [0.29, 0.717) is 24.3 Å². The molecule has 1 N–H and O–H groups in total. The SMILES string of the molecule is CCN(Cc1cccs1)C(=O)Nc1ccc(C(C)=O)cc1. The van der Waals surface area contributed by atoms with Crippen LogP contribution in [0.4, 0.5) is 10.5 Å². The van der Waals surface area contributed by atoms with Crippen molar-refractivity contribution in [1.29, 1.82) is 0 Å². The number of urea groups is 1. The Morgan fingerprint density at radius 1 is 1.19 bits per heavy atom. The van der Waals surface area contributed by atoms with Crippen LogP contribution in [0.5, 0.6) is 0 Å². The molecule has 0 radical (unpaired) electrons. The van der Waals surface area contributed by atoms with Crippen LogP contribution in [0.15, 0.2) is 41.8 Å². The Bertz CT molecular complexity index is 606. The molecule has 0 spiro atoms. The lowest BCUT2D eigenvalue weighted by Gasteiger charge is -2.20. The smallest absolute Gasteiger partial charge is 0.320 e. The summed E-state index contributed by atoms with van der Waals surface area (Å²) in [4.78, 5) is 26.4. The Kier molecular flexibility index (Phi) is 5.11. The summed E-state index contributed by atoms with van der Waals surface area (Å²) in [6.45, 7) is 4.71. The first-order valence-corrected chi connectivity index (χ1v) is 7.67. The maximum atomic E-state index is 12.2. The normalized spacial score (nSPS) is 10.2. The van der Waals surface area contributed by atoms with Gasteiger partial charge in [-0.1, -0.05) is 6.07 Å². The van der Waals surface area contributed by atoms with Crippen LogP contribution in [-0.2, 0) is 6.54 Å². The number of thiophene rings is 1. The average Bonchev–Trinajstić information content (AvgIpc) is 2.98. The summed E-state index contributed by atoms with van der Waals surface area (Å²) >= 11 is 1.64. The molecule has 0 saturated heterocycles. The quantitative estimate of drug-likeness (QED) is 0.849. The minimum Gasteiger partial charge on any atom is -0.320 e. The first kappa shape index (κ1) is 15.3. The second-order valence-electron chi connectivity index (χ2n) is 4.66. The van der Waals surface area contributed by atoms with Crippen molar-refractivity contribution in [3.05, 3.63) is 52.2 Å². The van der Waals surface area contributed by atoms with Crippen LogP contribution in [-0.4, -0.2) is 23.3 Å². The molecule has 1 aromatic carbocycles. The fraction of sp³-hybridized carbons (Fsp3) is 0.250. The van der Waals surface area contributed by atoms with Crippen LogP contribution in [0.2, 0.25) is 0 Å². The standard InChI is InChI=1S/C16H18N2O2S/c1-3-18(11-15-5-4-10-21-15)16(20)17-14-8-6-13(7-9-14)12(2)19/h4-10H,3,11H2,1-2H3,(H,17,20). The van der Waals surface area contributed by atoms with Gasteiger partial charge in [0.1, 0.15) is 0 Å². The average molecular weight is 302 g/mol. The van der Waals surface area contributed by atoms with Gasteiger partial charge in [0.2, 0.25) is 0 Å². The third-order valence-corrected chi connectivity index (χ3v) is 4.00. The topological polar surface area (TPSA) is 49.4 Å². The summed E-state index contributed by atoms with van der Waals surface area (Å²) in [6, 6.07) is 10.8. The van der Waals surface area contributed by atoms with E-state index in [1.165, 1.54) is 6.92 Å². The molecule has 5 heteroatoms. The Hall–Kier alpha value is -2.14. The lowest BCUT2D eigenvalue weighted by Crippen LogP contribution is -2.34.